The van der Waals surface area contributed by atoms with Gasteiger partial charge in [0.05, 0.1) is 16.7 Å². The van der Waals surface area contributed by atoms with Crippen LogP contribution in [-0.4, -0.2) is 12.0 Å². The topological polar surface area (TPSA) is 62.1 Å². The van der Waals surface area contributed by atoms with E-state index in [-0.39, 0.29) is 5.91 Å². The minimum atomic E-state index is -0.718. The van der Waals surface area contributed by atoms with E-state index in [0.717, 1.165) is 5.56 Å². The van der Waals surface area contributed by atoms with Crippen LogP contribution in [-0.2, 0) is 4.79 Å². The fourth-order valence-electron chi connectivity index (χ4n) is 1.86. The summed E-state index contributed by atoms with van der Waals surface area (Å²) in [5, 5.41) is 12.0. The van der Waals surface area contributed by atoms with Crippen molar-refractivity contribution in [1.82, 2.24) is 0 Å². The van der Waals surface area contributed by atoms with Gasteiger partial charge in [-0.1, -0.05) is 23.7 Å². The van der Waals surface area contributed by atoms with E-state index < -0.39 is 6.10 Å². The van der Waals surface area contributed by atoms with Gasteiger partial charge in [0, 0.05) is 5.69 Å². The molecular weight excluding hydrogens is 300 g/mol. The van der Waals surface area contributed by atoms with Crippen LogP contribution in [0.1, 0.15) is 18.1 Å². The molecule has 22 heavy (non-hydrogen) atoms. The Morgan fingerprint density at radius 2 is 2.09 bits per heavy atom. The van der Waals surface area contributed by atoms with E-state index in [1.165, 1.54) is 0 Å². The number of hydrogen-bond acceptors (Lipinski definition) is 3. The van der Waals surface area contributed by atoms with Crippen molar-refractivity contribution in [2.45, 2.75) is 20.0 Å². The number of halogens is 1. The van der Waals surface area contributed by atoms with Crippen molar-refractivity contribution < 1.29 is 9.53 Å². The third-order valence-corrected chi connectivity index (χ3v) is 3.33. The van der Waals surface area contributed by atoms with E-state index in [0.29, 0.717) is 22.0 Å². The summed E-state index contributed by atoms with van der Waals surface area (Å²) in [6.07, 6.45) is -0.718. The lowest BCUT2D eigenvalue weighted by Gasteiger charge is -2.16. The van der Waals surface area contributed by atoms with Gasteiger partial charge in [-0.25, -0.2) is 0 Å². The maximum Gasteiger partial charge on any atom is 0.265 e. The first kappa shape index (κ1) is 15.9. The molecule has 0 saturated carbocycles. The molecule has 1 atom stereocenters. The Labute approximate surface area is 134 Å². The number of hydrogen-bond donors (Lipinski definition) is 1. The summed E-state index contributed by atoms with van der Waals surface area (Å²) in [5.74, 6) is 0.155. The summed E-state index contributed by atoms with van der Waals surface area (Å²) in [7, 11) is 0. The highest BCUT2D eigenvalue weighted by Crippen LogP contribution is 2.26. The Morgan fingerprint density at radius 1 is 1.32 bits per heavy atom. The molecule has 2 aromatic carbocycles. The summed E-state index contributed by atoms with van der Waals surface area (Å²) >= 11 is 6.05. The van der Waals surface area contributed by atoms with Gasteiger partial charge in [0.2, 0.25) is 0 Å². The van der Waals surface area contributed by atoms with Crippen LogP contribution in [0.2, 0.25) is 5.02 Å². The molecule has 0 aliphatic rings. The van der Waals surface area contributed by atoms with Crippen LogP contribution in [0.15, 0.2) is 42.5 Å². The predicted molar refractivity (Wildman–Crippen MR) is 86.1 cm³/mol. The van der Waals surface area contributed by atoms with E-state index in [1.54, 1.807) is 43.3 Å². The van der Waals surface area contributed by atoms with Crippen molar-refractivity contribution in [1.29, 1.82) is 5.26 Å². The van der Waals surface area contributed by atoms with Crippen LogP contribution < -0.4 is 10.1 Å². The lowest BCUT2D eigenvalue weighted by Crippen LogP contribution is -2.30. The molecule has 0 aromatic heterocycles. The van der Waals surface area contributed by atoms with Crippen molar-refractivity contribution in [3.05, 3.63) is 58.6 Å². The average Bonchev–Trinajstić information content (AvgIpc) is 2.51. The first-order valence-electron chi connectivity index (χ1n) is 6.73. The van der Waals surface area contributed by atoms with Crippen LogP contribution in [0.3, 0.4) is 0 Å². The molecule has 0 bridgehead atoms. The van der Waals surface area contributed by atoms with Gasteiger partial charge in [-0.3, -0.25) is 4.79 Å². The zero-order valence-corrected chi connectivity index (χ0v) is 13.0. The molecule has 0 fully saturated rings. The number of nitrogens with one attached hydrogen (secondary N) is 1. The lowest BCUT2D eigenvalue weighted by atomic mass is 10.2. The van der Waals surface area contributed by atoms with Crippen molar-refractivity contribution in [2.24, 2.45) is 0 Å². The molecule has 0 saturated heterocycles. The van der Waals surface area contributed by atoms with Gasteiger partial charge in [0.25, 0.3) is 5.91 Å². The smallest absolute Gasteiger partial charge is 0.265 e. The fourth-order valence-corrected chi connectivity index (χ4v) is 2.02. The Hall–Kier alpha value is -2.51. The molecule has 4 nitrogen and oxygen atoms in total. The van der Waals surface area contributed by atoms with Gasteiger partial charge in [0.1, 0.15) is 5.75 Å². The van der Waals surface area contributed by atoms with Crippen molar-refractivity contribution >= 4 is 23.2 Å². The normalized spacial score (nSPS) is 11.4. The number of ether oxygens (including phenoxy) is 1. The van der Waals surface area contributed by atoms with Crippen molar-refractivity contribution in [2.75, 3.05) is 5.32 Å². The number of anilines is 1. The summed E-state index contributed by atoms with van der Waals surface area (Å²) in [6.45, 7) is 3.56. The van der Waals surface area contributed by atoms with Gasteiger partial charge in [0.15, 0.2) is 6.10 Å². The summed E-state index contributed by atoms with van der Waals surface area (Å²) in [6, 6.07) is 14.1. The molecular formula is C17H15ClN2O2. The highest BCUT2D eigenvalue weighted by molar-refractivity contribution is 6.32. The Kier molecular flexibility index (Phi) is 5.03. The molecule has 0 aliphatic heterocycles. The monoisotopic (exact) mass is 314 g/mol. The molecule has 2 aromatic rings. The molecule has 2 rings (SSSR count). The number of carbonyl (C=O) groups is 1. The first-order chi connectivity index (χ1) is 10.5. The second-order valence-corrected chi connectivity index (χ2v) is 5.28. The molecule has 0 heterocycles. The average molecular weight is 315 g/mol. The summed E-state index contributed by atoms with van der Waals surface area (Å²) in [4.78, 5) is 12.2. The van der Waals surface area contributed by atoms with Crippen LogP contribution in [0.4, 0.5) is 5.69 Å². The molecule has 0 radical (unpaired) electrons. The second kappa shape index (κ2) is 6.97. The minimum absolute atomic E-state index is 0.312. The quantitative estimate of drug-likeness (QED) is 0.930. The van der Waals surface area contributed by atoms with Crippen molar-refractivity contribution in [3.8, 4) is 11.8 Å². The molecule has 0 aliphatic carbocycles. The van der Waals surface area contributed by atoms with Crippen LogP contribution >= 0.6 is 11.6 Å². The lowest BCUT2D eigenvalue weighted by molar-refractivity contribution is -0.122. The first-order valence-corrected chi connectivity index (χ1v) is 7.11. The number of carbonyl (C=O) groups excluding carboxylic acids is 1. The molecule has 1 amide bonds. The second-order valence-electron chi connectivity index (χ2n) is 4.88. The van der Waals surface area contributed by atoms with Crippen LogP contribution in [0.25, 0.3) is 0 Å². The maximum absolute atomic E-state index is 12.2. The Balaban J connectivity index is 2.06. The standard InChI is InChI=1S/C17H15ClN2O2/c1-11-6-7-15(18)16(8-11)22-12(2)17(21)20-14-5-3-4-13(9-14)10-19/h3-9,12H,1-2H3,(H,20,21). The van der Waals surface area contributed by atoms with E-state index in [9.17, 15) is 4.79 Å². The molecule has 1 unspecified atom stereocenters. The molecule has 1 N–H and O–H groups in total. The largest absolute Gasteiger partial charge is 0.479 e. The van der Waals surface area contributed by atoms with Gasteiger partial charge in [-0.05, 0) is 49.7 Å². The predicted octanol–water partition coefficient (Wildman–Crippen LogP) is 3.93. The number of aryl methyl sites for hydroxylation is 1. The highest BCUT2D eigenvalue weighted by atomic mass is 35.5. The van der Waals surface area contributed by atoms with Gasteiger partial charge in [-0.2, -0.15) is 5.26 Å². The Morgan fingerprint density at radius 3 is 2.82 bits per heavy atom. The van der Waals surface area contributed by atoms with E-state index >= 15 is 0 Å². The maximum atomic E-state index is 12.2. The van der Waals surface area contributed by atoms with E-state index in [4.69, 9.17) is 21.6 Å². The van der Waals surface area contributed by atoms with Crippen LogP contribution in [0, 0.1) is 18.3 Å². The summed E-state index contributed by atoms with van der Waals surface area (Å²) in [5.41, 5.74) is 2.02. The number of nitrogens with zero attached hydrogens (tertiary/aromatic N) is 1. The third-order valence-electron chi connectivity index (χ3n) is 3.02. The van der Waals surface area contributed by atoms with Gasteiger partial charge < -0.3 is 10.1 Å². The summed E-state index contributed by atoms with van der Waals surface area (Å²) < 4.78 is 5.61. The van der Waals surface area contributed by atoms with E-state index in [1.807, 2.05) is 19.1 Å². The molecule has 0 spiro atoms. The SMILES string of the molecule is Cc1ccc(Cl)c(OC(C)C(=O)Nc2cccc(C#N)c2)c1. The third kappa shape index (κ3) is 4.00. The number of benzene rings is 2. The zero-order valence-electron chi connectivity index (χ0n) is 12.3. The Bertz CT molecular complexity index is 738. The van der Waals surface area contributed by atoms with Gasteiger partial charge >= 0.3 is 0 Å². The van der Waals surface area contributed by atoms with Crippen molar-refractivity contribution in [3.63, 3.8) is 0 Å². The highest BCUT2D eigenvalue weighted by Gasteiger charge is 2.16. The fraction of sp³-hybridized carbons (Fsp3) is 0.176. The van der Waals surface area contributed by atoms with E-state index in [2.05, 4.69) is 5.32 Å². The zero-order chi connectivity index (χ0) is 16.1. The number of amides is 1. The van der Waals surface area contributed by atoms with Crippen LogP contribution in [0.5, 0.6) is 5.75 Å². The number of nitriles is 1. The number of rotatable bonds is 4. The molecule has 5 heteroatoms. The minimum Gasteiger partial charge on any atom is -0.479 e. The molecule has 112 valence electrons. The van der Waals surface area contributed by atoms with Gasteiger partial charge in [-0.15, -0.1) is 0 Å².